The summed E-state index contributed by atoms with van der Waals surface area (Å²) in [6.45, 7) is 6.67. The SMILES string of the molecule is CN(C)C(=O)CCC(=O)c1ccc(-c2ncc(C(=O)N(C3CC3)C3CCN(C(=O)OC(C)(C)C)CC3)cn2)cc1. The van der Waals surface area contributed by atoms with Gasteiger partial charge in [0.15, 0.2) is 11.6 Å². The van der Waals surface area contributed by atoms with Gasteiger partial charge in [-0.3, -0.25) is 14.4 Å². The van der Waals surface area contributed by atoms with Gasteiger partial charge in [-0.15, -0.1) is 0 Å². The first-order valence-electron chi connectivity index (χ1n) is 13.9. The Kier molecular flexibility index (Phi) is 8.85. The first-order chi connectivity index (χ1) is 18.9. The molecule has 2 fully saturated rings. The largest absolute Gasteiger partial charge is 0.444 e. The molecule has 40 heavy (non-hydrogen) atoms. The second-order valence-corrected chi connectivity index (χ2v) is 11.7. The lowest BCUT2D eigenvalue weighted by atomic mass is 10.0. The van der Waals surface area contributed by atoms with Crippen molar-refractivity contribution in [3.05, 3.63) is 47.8 Å². The quantitative estimate of drug-likeness (QED) is 0.454. The topological polar surface area (TPSA) is 113 Å². The van der Waals surface area contributed by atoms with Crippen LogP contribution in [0.15, 0.2) is 36.7 Å². The van der Waals surface area contributed by atoms with Crippen LogP contribution in [0.1, 0.15) is 80.0 Å². The van der Waals surface area contributed by atoms with Crippen molar-refractivity contribution in [3.63, 3.8) is 0 Å². The maximum absolute atomic E-state index is 13.5. The molecular weight excluding hydrogens is 510 g/mol. The van der Waals surface area contributed by atoms with Crippen molar-refractivity contribution < 1.29 is 23.9 Å². The van der Waals surface area contributed by atoms with Crippen LogP contribution in [-0.2, 0) is 9.53 Å². The number of hydrogen-bond donors (Lipinski definition) is 0. The number of rotatable bonds is 8. The minimum absolute atomic E-state index is 0.0523. The molecular formula is C30H39N5O5. The van der Waals surface area contributed by atoms with Crippen molar-refractivity contribution in [2.24, 2.45) is 0 Å². The average molecular weight is 550 g/mol. The van der Waals surface area contributed by atoms with E-state index in [1.54, 1.807) is 55.7 Å². The van der Waals surface area contributed by atoms with Crippen molar-refractivity contribution in [1.29, 1.82) is 0 Å². The third-order valence-electron chi connectivity index (χ3n) is 7.11. The second-order valence-electron chi connectivity index (χ2n) is 11.7. The second kappa shape index (κ2) is 12.1. The number of Topliss-reactive ketones (excluding diaryl/α,β-unsaturated/α-hetero) is 1. The third kappa shape index (κ3) is 7.43. The molecule has 1 aliphatic carbocycles. The van der Waals surface area contributed by atoms with Crippen LogP contribution in [0.3, 0.4) is 0 Å². The molecule has 0 N–H and O–H groups in total. The summed E-state index contributed by atoms with van der Waals surface area (Å²) in [5.74, 6) is 0.195. The van der Waals surface area contributed by atoms with Gasteiger partial charge in [0.1, 0.15) is 5.60 Å². The minimum Gasteiger partial charge on any atom is -0.444 e. The zero-order valence-electron chi connectivity index (χ0n) is 24.1. The maximum atomic E-state index is 13.5. The Hall–Kier alpha value is -3.82. The first kappa shape index (κ1) is 29.2. The molecule has 0 atom stereocenters. The fourth-order valence-electron chi connectivity index (χ4n) is 4.77. The van der Waals surface area contributed by atoms with E-state index in [0.29, 0.717) is 42.9 Å². The molecule has 0 radical (unpaired) electrons. The van der Waals surface area contributed by atoms with Gasteiger partial charge in [-0.05, 0) is 46.5 Å². The van der Waals surface area contributed by atoms with Gasteiger partial charge in [0.05, 0.1) is 5.56 Å². The molecule has 4 rings (SSSR count). The summed E-state index contributed by atoms with van der Waals surface area (Å²) in [5.41, 5.74) is 1.15. The molecule has 3 amide bonds. The molecule has 10 heteroatoms. The number of likely N-dealkylation sites (tertiary alicyclic amines) is 1. The molecule has 2 heterocycles. The lowest BCUT2D eigenvalue weighted by molar-refractivity contribution is -0.128. The Morgan fingerprint density at radius 1 is 0.875 bits per heavy atom. The molecule has 1 aliphatic heterocycles. The summed E-state index contributed by atoms with van der Waals surface area (Å²) in [5, 5.41) is 0. The van der Waals surface area contributed by atoms with Crippen LogP contribution >= 0.6 is 0 Å². The summed E-state index contributed by atoms with van der Waals surface area (Å²) < 4.78 is 5.50. The number of carbonyl (C=O) groups is 4. The summed E-state index contributed by atoms with van der Waals surface area (Å²) in [6, 6.07) is 7.22. The van der Waals surface area contributed by atoms with Crippen LogP contribution in [0.25, 0.3) is 11.4 Å². The van der Waals surface area contributed by atoms with E-state index in [1.165, 1.54) is 4.90 Å². The van der Waals surface area contributed by atoms with E-state index in [2.05, 4.69) is 9.97 Å². The molecule has 1 aromatic carbocycles. The highest BCUT2D eigenvalue weighted by Gasteiger charge is 2.40. The fourth-order valence-corrected chi connectivity index (χ4v) is 4.77. The Morgan fingerprint density at radius 3 is 1.98 bits per heavy atom. The Labute approximate surface area is 235 Å². The van der Waals surface area contributed by atoms with Gasteiger partial charge in [0.2, 0.25) is 5.91 Å². The van der Waals surface area contributed by atoms with Gasteiger partial charge in [0, 0.05) is 75.6 Å². The fraction of sp³-hybridized carbons (Fsp3) is 0.533. The summed E-state index contributed by atoms with van der Waals surface area (Å²) >= 11 is 0. The number of ether oxygens (including phenoxy) is 1. The molecule has 0 unspecified atom stereocenters. The number of aromatic nitrogens is 2. The van der Waals surface area contributed by atoms with E-state index < -0.39 is 5.60 Å². The lowest BCUT2D eigenvalue weighted by Gasteiger charge is -2.39. The van der Waals surface area contributed by atoms with E-state index in [0.717, 1.165) is 18.4 Å². The molecule has 2 aromatic rings. The average Bonchev–Trinajstić information content (AvgIpc) is 3.76. The van der Waals surface area contributed by atoms with E-state index in [4.69, 9.17) is 4.74 Å². The highest BCUT2D eigenvalue weighted by molar-refractivity contribution is 5.98. The molecule has 0 bridgehead atoms. The van der Waals surface area contributed by atoms with E-state index in [1.807, 2.05) is 25.7 Å². The minimum atomic E-state index is -0.539. The van der Waals surface area contributed by atoms with Crippen LogP contribution in [0.2, 0.25) is 0 Å². The van der Waals surface area contributed by atoms with Crippen LogP contribution in [-0.4, -0.2) is 93.2 Å². The van der Waals surface area contributed by atoms with Gasteiger partial charge in [-0.1, -0.05) is 24.3 Å². The summed E-state index contributed by atoms with van der Waals surface area (Å²) in [4.78, 5) is 64.2. The molecule has 214 valence electrons. The van der Waals surface area contributed by atoms with Crippen LogP contribution < -0.4 is 0 Å². The molecule has 1 aromatic heterocycles. The zero-order chi connectivity index (χ0) is 29.0. The van der Waals surface area contributed by atoms with Gasteiger partial charge in [-0.2, -0.15) is 0 Å². The van der Waals surface area contributed by atoms with Crippen LogP contribution in [0.5, 0.6) is 0 Å². The van der Waals surface area contributed by atoms with E-state index in [9.17, 15) is 19.2 Å². The van der Waals surface area contributed by atoms with E-state index in [-0.39, 0.29) is 48.6 Å². The number of benzene rings is 1. The van der Waals surface area contributed by atoms with Crippen molar-refractivity contribution in [3.8, 4) is 11.4 Å². The molecule has 10 nitrogen and oxygen atoms in total. The van der Waals surface area contributed by atoms with Gasteiger partial charge in [0.25, 0.3) is 5.91 Å². The zero-order valence-corrected chi connectivity index (χ0v) is 24.1. The number of carbonyl (C=O) groups excluding carboxylic acids is 4. The van der Waals surface area contributed by atoms with Crippen LogP contribution in [0.4, 0.5) is 4.79 Å². The predicted octanol–water partition coefficient (Wildman–Crippen LogP) is 4.20. The summed E-state index contributed by atoms with van der Waals surface area (Å²) in [7, 11) is 3.34. The molecule has 0 spiro atoms. The van der Waals surface area contributed by atoms with Crippen molar-refractivity contribution in [1.82, 2.24) is 24.7 Å². The van der Waals surface area contributed by atoms with E-state index >= 15 is 0 Å². The molecule has 2 aliphatic rings. The number of nitrogens with zero attached hydrogens (tertiary/aromatic N) is 5. The van der Waals surface area contributed by atoms with Crippen molar-refractivity contribution in [2.45, 2.75) is 77.0 Å². The number of piperidine rings is 1. The Morgan fingerprint density at radius 2 is 1.45 bits per heavy atom. The number of amides is 3. The van der Waals surface area contributed by atoms with Gasteiger partial charge < -0.3 is 19.4 Å². The van der Waals surface area contributed by atoms with Gasteiger partial charge >= 0.3 is 6.09 Å². The Bertz CT molecular complexity index is 1220. The van der Waals surface area contributed by atoms with Crippen molar-refractivity contribution in [2.75, 3.05) is 27.2 Å². The normalized spacial score (nSPS) is 15.9. The monoisotopic (exact) mass is 549 g/mol. The van der Waals surface area contributed by atoms with Crippen molar-refractivity contribution >= 4 is 23.7 Å². The molecule has 1 saturated heterocycles. The number of hydrogen-bond acceptors (Lipinski definition) is 7. The lowest BCUT2D eigenvalue weighted by Crippen LogP contribution is -2.50. The smallest absolute Gasteiger partial charge is 0.410 e. The summed E-state index contributed by atoms with van der Waals surface area (Å²) in [6.07, 6.45) is 6.49. The van der Waals surface area contributed by atoms with Crippen LogP contribution in [0, 0.1) is 0 Å². The van der Waals surface area contributed by atoms with Gasteiger partial charge in [-0.25, -0.2) is 14.8 Å². The number of ketones is 1. The standard InChI is InChI=1S/C30H39N5O5/c1-30(2,3)40-29(39)34-16-14-24(15-17-34)35(23-10-11-23)28(38)22-18-31-27(32-19-22)21-8-6-20(7-9-21)25(36)12-13-26(37)33(4)5/h6-9,18-19,23-24H,10-17H2,1-5H3. The molecule has 1 saturated carbocycles. The highest BCUT2D eigenvalue weighted by atomic mass is 16.6. The highest BCUT2D eigenvalue weighted by Crippen LogP contribution is 2.33. The predicted molar refractivity (Wildman–Crippen MR) is 150 cm³/mol. The third-order valence-corrected chi connectivity index (χ3v) is 7.11. The Balaban J connectivity index is 1.36. The first-order valence-corrected chi connectivity index (χ1v) is 13.9. The maximum Gasteiger partial charge on any atom is 0.410 e.